The lowest BCUT2D eigenvalue weighted by atomic mass is 10.2. The number of halogens is 2. The number of carboxylic acid groups (broad SMARTS) is 1. The van der Waals surface area contributed by atoms with Gasteiger partial charge in [-0.15, -0.1) is 0 Å². The number of hydrogen-bond acceptors (Lipinski definition) is 2. The molecule has 21 heavy (non-hydrogen) atoms. The zero-order valence-electron chi connectivity index (χ0n) is 11.9. The van der Waals surface area contributed by atoms with Crippen molar-refractivity contribution < 1.29 is 23.5 Å². The molecule has 1 aromatic carbocycles. The summed E-state index contributed by atoms with van der Waals surface area (Å²) in [6.07, 6.45) is -0.185. The molecule has 2 N–H and O–H groups in total. The van der Waals surface area contributed by atoms with E-state index in [2.05, 4.69) is 5.32 Å². The molecule has 0 aliphatic carbocycles. The van der Waals surface area contributed by atoms with E-state index in [1.807, 2.05) is 0 Å². The number of urea groups is 1. The average Bonchev–Trinajstić information content (AvgIpc) is 2.39. The Morgan fingerprint density at radius 1 is 1.38 bits per heavy atom. The molecule has 1 atom stereocenters. The zero-order chi connectivity index (χ0) is 16.0. The fraction of sp³-hybridized carbons (Fsp3) is 0.429. The molecular formula is C14H18F2N2O3. The number of carboxylic acids is 1. The molecule has 0 heterocycles. The first-order chi connectivity index (χ1) is 9.85. The third-order valence-electron chi connectivity index (χ3n) is 3.04. The van der Waals surface area contributed by atoms with Gasteiger partial charge in [-0.25, -0.2) is 13.6 Å². The Labute approximate surface area is 121 Å². The maximum Gasteiger partial charge on any atom is 0.317 e. The molecule has 0 spiro atoms. The Hall–Kier alpha value is -2.18. The van der Waals surface area contributed by atoms with Gasteiger partial charge in [0.15, 0.2) is 0 Å². The van der Waals surface area contributed by atoms with E-state index in [4.69, 9.17) is 5.11 Å². The number of hydrogen-bond donors (Lipinski definition) is 2. The molecule has 0 fully saturated rings. The highest BCUT2D eigenvalue weighted by molar-refractivity contribution is 5.75. The van der Waals surface area contributed by atoms with Crippen LogP contribution < -0.4 is 5.32 Å². The van der Waals surface area contributed by atoms with Crippen molar-refractivity contribution in [3.8, 4) is 0 Å². The molecular weight excluding hydrogens is 282 g/mol. The van der Waals surface area contributed by atoms with Crippen molar-refractivity contribution in [3.05, 3.63) is 35.4 Å². The summed E-state index contributed by atoms with van der Waals surface area (Å²) in [6, 6.07) is 1.97. The number of rotatable bonds is 6. The van der Waals surface area contributed by atoms with E-state index >= 15 is 0 Å². The highest BCUT2D eigenvalue weighted by Gasteiger charge is 2.20. The van der Waals surface area contributed by atoms with E-state index in [0.717, 1.165) is 18.2 Å². The molecule has 1 aromatic rings. The molecule has 7 heteroatoms. The molecule has 0 saturated carbocycles. The van der Waals surface area contributed by atoms with Crippen LogP contribution in [0.2, 0.25) is 0 Å². The number of amides is 2. The maximum atomic E-state index is 13.4. The Morgan fingerprint density at radius 2 is 2.05 bits per heavy atom. The van der Waals surface area contributed by atoms with E-state index in [9.17, 15) is 18.4 Å². The highest BCUT2D eigenvalue weighted by atomic mass is 19.1. The largest absolute Gasteiger partial charge is 0.481 e. The molecule has 0 aliphatic rings. The van der Waals surface area contributed by atoms with E-state index in [-0.39, 0.29) is 18.5 Å². The molecule has 0 saturated heterocycles. The van der Waals surface area contributed by atoms with Crippen molar-refractivity contribution >= 4 is 12.0 Å². The van der Waals surface area contributed by atoms with Gasteiger partial charge in [0.1, 0.15) is 11.6 Å². The normalized spacial score (nSPS) is 11.8. The van der Waals surface area contributed by atoms with Gasteiger partial charge in [-0.05, 0) is 32.0 Å². The van der Waals surface area contributed by atoms with Gasteiger partial charge >= 0.3 is 12.0 Å². The Morgan fingerprint density at radius 3 is 2.62 bits per heavy atom. The Balaban J connectivity index is 2.66. The second-order valence-corrected chi connectivity index (χ2v) is 4.63. The van der Waals surface area contributed by atoms with E-state index in [1.54, 1.807) is 13.8 Å². The number of carbonyl (C=O) groups is 2. The van der Waals surface area contributed by atoms with Gasteiger partial charge in [-0.2, -0.15) is 0 Å². The summed E-state index contributed by atoms with van der Waals surface area (Å²) in [5, 5.41) is 11.2. The average molecular weight is 300 g/mol. The second kappa shape index (κ2) is 7.56. The van der Waals surface area contributed by atoms with Crippen molar-refractivity contribution in [3.63, 3.8) is 0 Å². The summed E-state index contributed by atoms with van der Waals surface area (Å²) in [7, 11) is 0. The third kappa shape index (κ3) is 5.02. The zero-order valence-corrected chi connectivity index (χ0v) is 11.9. The number of benzene rings is 1. The molecule has 2 amide bonds. The SMILES string of the molecule is CCN(C(=O)NCc1cc(F)ccc1F)C(C)CC(=O)O. The molecule has 0 bridgehead atoms. The lowest BCUT2D eigenvalue weighted by molar-refractivity contribution is -0.138. The van der Waals surface area contributed by atoms with E-state index in [1.165, 1.54) is 4.90 Å². The van der Waals surface area contributed by atoms with E-state index < -0.39 is 29.7 Å². The molecule has 0 aliphatic heterocycles. The van der Waals surface area contributed by atoms with Gasteiger partial charge in [0.05, 0.1) is 6.42 Å². The van der Waals surface area contributed by atoms with Crippen molar-refractivity contribution in [1.29, 1.82) is 0 Å². The van der Waals surface area contributed by atoms with Crippen LogP contribution in [0.4, 0.5) is 13.6 Å². The van der Waals surface area contributed by atoms with Crippen molar-refractivity contribution in [1.82, 2.24) is 10.2 Å². The predicted molar refractivity (Wildman–Crippen MR) is 72.7 cm³/mol. The van der Waals surface area contributed by atoms with Crippen LogP contribution in [0.1, 0.15) is 25.8 Å². The maximum absolute atomic E-state index is 13.4. The van der Waals surface area contributed by atoms with Gasteiger partial charge in [0, 0.05) is 24.7 Å². The van der Waals surface area contributed by atoms with E-state index in [0.29, 0.717) is 6.54 Å². The first-order valence-corrected chi connectivity index (χ1v) is 6.55. The lowest BCUT2D eigenvalue weighted by Gasteiger charge is -2.27. The molecule has 0 aromatic heterocycles. The minimum atomic E-state index is -1.01. The summed E-state index contributed by atoms with van der Waals surface area (Å²) in [5.74, 6) is -2.21. The van der Waals surface area contributed by atoms with Gasteiger partial charge in [0.2, 0.25) is 0 Å². The number of nitrogens with one attached hydrogen (secondary N) is 1. The number of nitrogens with zero attached hydrogens (tertiary/aromatic N) is 1. The number of aliphatic carboxylic acids is 1. The summed E-state index contributed by atoms with van der Waals surface area (Å²) in [4.78, 5) is 24.0. The Bertz CT molecular complexity index is 523. The third-order valence-corrected chi connectivity index (χ3v) is 3.04. The van der Waals surface area contributed by atoms with Crippen LogP contribution in [-0.4, -0.2) is 34.6 Å². The van der Waals surface area contributed by atoms with Crippen LogP contribution in [0.3, 0.4) is 0 Å². The van der Waals surface area contributed by atoms with Crippen molar-refractivity contribution in [2.24, 2.45) is 0 Å². The molecule has 1 unspecified atom stereocenters. The van der Waals surface area contributed by atoms with Crippen molar-refractivity contribution in [2.45, 2.75) is 32.9 Å². The van der Waals surface area contributed by atoms with Gasteiger partial charge in [-0.1, -0.05) is 0 Å². The Kier molecular flexibility index (Phi) is 6.08. The van der Waals surface area contributed by atoms with Gasteiger partial charge in [-0.3, -0.25) is 4.79 Å². The lowest BCUT2D eigenvalue weighted by Crippen LogP contribution is -2.45. The molecule has 116 valence electrons. The van der Waals surface area contributed by atoms with Crippen LogP contribution >= 0.6 is 0 Å². The van der Waals surface area contributed by atoms with Crippen LogP contribution in [0.15, 0.2) is 18.2 Å². The fourth-order valence-electron chi connectivity index (χ4n) is 1.97. The smallest absolute Gasteiger partial charge is 0.317 e. The minimum absolute atomic E-state index is 0.0327. The minimum Gasteiger partial charge on any atom is -0.481 e. The summed E-state index contributed by atoms with van der Waals surface area (Å²) >= 11 is 0. The van der Waals surface area contributed by atoms with Crippen LogP contribution in [0.5, 0.6) is 0 Å². The predicted octanol–water partition coefficient (Wildman–Crippen LogP) is 2.36. The van der Waals surface area contributed by atoms with Crippen LogP contribution in [0, 0.1) is 11.6 Å². The van der Waals surface area contributed by atoms with Crippen LogP contribution in [0.25, 0.3) is 0 Å². The highest BCUT2D eigenvalue weighted by Crippen LogP contribution is 2.10. The van der Waals surface area contributed by atoms with Crippen LogP contribution in [-0.2, 0) is 11.3 Å². The fourth-order valence-corrected chi connectivity index (χ4v) is 1.97. The van der Waals surface area contributed by atoms with Gasteiger partial charge < -0.3 is 15.3 Å². The summed E-state index contributed by atoms with van der Waals surface area (Å²) in [5.41, 5.74) is 0.0327. The monoisotopic (exact) mass is 300 g/mol. The standard InChI is InChI=1S/C14H18F2N2O3/c1-3-18(9(2)6-13(19)20)14(21)17-8-10-7-11(15)4-5-12(10)16/h4-5,7,9H,3,6,8H2,1-2H3,(H,17,21)(H,19,20). The van der Waals surface area contributed by atoms with Gasteiger partial charge in [0.25, 0.3) is 0 Å². The molecule has 0 radical (unpaired) electrons. The topological polar surface area (TPSA) is 69.6 Å². The summed E-state index contributed by atoms with van der Waals surface area (Å²) < 4.78 is 26.4. The second-order valence-electron chi connectivity index (χ2n) is 4.63. The quantitative estimate of drug-likeness (QED) is 0.847. The summed E-state index contributed by atoms with van der Waals surface area (Å²) in [6.45, 7) is 3.46. The van der Waals surface area contributed by atoms with Crippen molar-refractivity contribution in [2.75, 3.05) is 6.54 Å². The molecule has 5 nitrogen and oxygen atoms in total. The first-order valence-electron chi connectivity index (χ1n) is 6.55. The number of carbonyl (C=O) groups excluding carboxylic acids is 1. The first kappa shape index (κ1) is 16.9. The molecule has 1 rings (SSSR count).